The van der Waals surface area contributed by atoms with Gasteiger partial charge in [0, 0.05) is 18.1 Å². The third-order valence-electron chi connectivity index (χ3n) is 4.29. The van der Waals surface area contributed by atoms with E-state index < -0.39 is 0 Å². The lowest BCUT2D eigenvalue weighted by Crippen LogP contribution is -2.32. The molecule has 3 aromatic rings. The molecule has 4 heterocycles. The number of nitrogens with one attached hydrogen (secondary N) is 1. The fourth-order valence-corrected chi connectivity index (χ4v) is 3.93. The van der Waals surface area contributed by atoms with Crippen molar-refractivity contribution >= 4 is 17.2 Å². The summed E-state index contributed by atoms with van der Waals surface area (Å²) in [6, 6.07) is 5.87. The largest absolute Gasteiger partial charge is 0.459 e. The van der Waals surface area contributed by atoms with Crippen LogP contribution in [0.5, 0.6) is 0 Å². The molecule has 0 bridgehead atoms. The van der Waals surface area contributed by atoms with Crippen LogP contribution in [0.1, 0.15) is 36.0 Å². The lowest BCUT2D eigenvalue weighted by molar-refractivity contribution is -0.131. The first kappa shape index (κ1) is 15.1. The first-order valence-corrected chi connectivity index (χ1v) is 8.88. The summed E-state index contributed by atoms with van der Waals surface area (Å²) in [5, 5.41) is 9.74. The zero-order valence-corrected chi connectivity index (χ0v) is 14.2. The van der Waals surface area contributed by atoms with Crippen LogP contribution >= 0.6 is 11.3 Å². The van der Waals surface area contributed by atoms with Crippen LogP contribution in [0.15, 0.2) is 34.2 Å². The first-order valence-electron chi connectivity index (χ1n) is 8.00. The average Bonchev–Trinajstić information content (AvgIpc) is 3.34. The van der Waals surface area contributed by atoms with Crippen molar-refractivity contribution in [2.24, 2.45) is 0 Å². The highest BCUT2D eigenvalue weighted by Gasteiger charge is 2.31. The highest BCUT2D eigenvalue weighted by atomic mass is 32.1. The molecule has 0 saturated carbocycles. The highest BCUT2D eigenvalue weighted by molar-refractivity contribution is 7.13. The summed E-state index contributed by atoms with van der Waals surface area (Å²) in [5.74, 6) is 1.73. The fourth-order valence-electron chi connectivity index (χ4n) is 3.15. The molecule has 0 spiro atoms. The van der Waals surface area contributed by atoms with Gasteiger partial charge in [-0.25, -0.2) is 4.98 Å². The summed E-state index contributed by atoms with van der Waals surface area (Å²) < 4.78 is 5.60. The van der Waals surface area contributed by atoms with Crippen molar-refractivity contribution < 1.29 is 9.21 Å². The van der Waals surface area contributed by atoms with Crippen LogP contribution in [0.3, 0.4) is 0 Å². The normalized spacial score (nSPS) is 17.5. The molecule has 7 heteroatoms. The van der Waals surface area contributed by atoms with Gasteiger partial charge in [0.15, 0.2) is 10.8 Å². The van der Waals surface area contributed by atoms with Gasteiger partial charge < -0.3 is 9.32 Å². The zero-order valence-electron chi connectivity index (χ0n) is 13.4. The minimum absolute atomic E-state index is 0.103. The van der Waals surface area contributed by atoms with Gasteiger partial charge in [0.2, 0.25) is 5.91 Å². The monoisotopic (exact) mass is 342 g/mol. The number of aromatic amines is 1. The molecular formula is C17H18N4O2S. The van der Waals surface area contributed by atoms with Crippen molar-refractivity contribution in [1.82, 2.24) is 20.1 Å². The van der Waals surface area contributed by atoms with Gasteiger partial charge in [0.05, 0.1) is 23.9 Å². The smallest absolute Gasteiger partial charge is 0.229 e. The van der Waals surface area contributed by atoms with E-state index in [1.165, 1.54) is 11.3 Å². The summed E-state index contributed by atoms with van der Waals surface area (Å²) in [4.78, 5) is 19.2. The van der Waals surface area contributed by atoms with Crippen molar-refractivity contribution in [3.8, 4) is 10.8 Å². The van der Waals surface area contributed by atoms with Gasteiger partial charge in [-0.05, 0) is 38.0 Å². The predicted octanol–water partition coefficient (Wildman–Crippen LogP) is 3.34. The second-order valence-corrected chi connectivity index (χ2v) is 6.85. The average molecular weight is 342 g/mol. The Morgan fingerprint density at radius 1 is 1.46 bits per heavy atom. The van der Waals surface area contributed by atoms with Gasteiger partial charge in [0.25, 0.3) is 0 Å². The number of aromatic nitrogens is 3. The van der Waals surface area contributed by atoms with Crippen molar-refractivity contribution in [3.05, 3.63) is 46.9 Å². The minimum atomic E-state index is 0.103. The number of rotatable bonds is 4. The van der Waals surface area contributed by atoms with Crippen LogP contribution in [0.25, 0.3) is 10.8 Å². The number of amides is 1. The molecule has 1 amide bonds. The molecule has 6 nitrogen and oxygen atoms in total. The third kappa shape index (κ3) is 2.87. The molecule has 1 aliphatic heterocycles. The Bertz CT molecular complexity index is 837. The van der Waals surface area contributed by atoms with Crippen LogP contribution in [0, 0.1) is 6.92 Å². The van der Waals surface area contributed by atoms with E-state index in [1.54, 1.807) is 6.20 Å². The van der Waals surface area contributed by atoms with Crippen molar-refractivity contribution in [3.63, 3.8) is 0 Å². The van der Waals surface area contributed by atoms with Crippen LogP contribution in [-0.4, -0.2) is 32.5 Å². The Hall–Kier alpha value is -2.41. The van der Waals surface area contributed by atoms with Crippen LogP contribution < -0.4 is 0 Å². The number of nitrogens with zero attached hydrogens (tertiary/aromatic N) is 3. The SMILES string of the molecule is Cc1ccc(-c2nc(CC(=O)N3CCCC3c3ccn[nH]3)cs2)o1. The maximum absolute atomic E-state index is 12.7. The number of carbonyl (C=O) groups excluding carboxylic acids is 1. The zero-order chi connectivity index (χ0) is 16.5. The lowest BCUT2D eigenvalue weighted by Gasteiger charge is -2.23. The van der Waals surface area contributed by atoms with Gasteiger partial charge in [-0.1, -0.05) is 0 Å². The summed E-state index contributed by atoms with van der Waals surface area (Å²) in [7, 11) is 0. The molecule has 0 radical (unpaired) electrons. The number of thiazole rings is 1. The first-order chi connectivity index (χ1) is 11.7. The van der Waals surface area contributed by atoms with Crippen molar-refractivity contribution in [2.75, 3.05) is 6.54 Å². The number of likely N-dealkylation sites (tertiary alicyclic amines) is 1. The number of carbonyl (C=O) groups is 1. The van der Waals surface area contributed by atoms with E-state index in [-0.39, 0.29) is 11.9 Å². The number of hydrogen-bond acceptors (Lipinski definition) is 5. The van der Waals surface area contributed by atoms with Gasteiger partial charge in [-0.15, -0.1) is 11.3 Å². The molecule has 0 aromatic carbocycles. The second-order valence-electron chi connectivity index (χ2n) is 5.99. The number of furan rings is 1. The quantitative estimate of drug-likeness (QED) is 0.789. The number of aryl methyl sites for hydroxylation is 1. The molecule has 1 N–H and O–H groups in total. The van der Waals surface area contributed by atoms with E-state index in [1.807, 2.05) is 35.4 Å². The Morgan fingerprint density at radius 2 is 2.38 bits per heavy atom. The maximum atomic E-state index is 12.7. The Kier molecular flexibility index (Phi) is 3.93. The summed E-state index contributed by atoms with van der Waals surface area (Å²) in [6.07, 6.45) is 4.04. The Labute approximate surface area is 143 Å². The van der Waals surface area contributed by atoms with E-state index in [0.29, 0.717) is 6.42 Å². The number of H-pyrrole nitrogens is 1. The van der Waals surface area contributed by atoms with Crippen LogP contribution in [0.2, 0.25) is 0 Å². The van der Waals surface area contributed by atoms with E-state index in [4.69, 9.17) is 4.42 Å². The van der Waals surface area contributed by atoms with E-state index in [0.717, 1.165) is 47.3 Å². The molecule has 124 valence electrons. The van der Waals surface area contributed by atoms with Crippen LogP contribution in [-0.2, 0) is 11.2 Å². The van der Waals surface area contributed by atoms with Gasteiger partial charge in [0.1, 0.15) is 5.76 Å². The lowest BCUT2D eigenvalue weighted by atomic mass is 10.1. The standard InChI is InChI=1S/C17H18N4O2S/c1-11-4-5-15(23-11)17-19-12(10-24-17)9-16(22)21-8-2-3-14(21)13-6-7-18-20-13/h4-7,10,14H,2-3,8-9H2,1H3,(H,18,20). The molecule has 1 atom stereocenters. The van der Waals surface area contributed by atoms with Gasteiger partial charge >= 0.3 is 0 Å². The Balaban J connectivity index is 1.47. The molecule has 1 aliphatic rings. The van der Waals surface area contributed by atoms with Gasteiger partial charge in [-0.3, -0.25) is 9.89 Å². The minimum Gasteiger partial charge on any atom is -0.459 e. The van der Waals surface area contributed by atoms with Gasteiger partial charge in [-0.2, -0.15) is 5.10 Å². The van der Waals surface area contributed by atoms with E-state index in [9.17, 15) is 4.79 Å². The summed E-state index contributed by atoms with van der Waals surface area (Å²) >= 11 is 1.51. The summed E-state index contributed by atoms with van der Waals surface area (Å²) in [6.45, 7) is 2.70. The fraction of sp³-hybridized carbons (Fsp3) is 0.353. The molecule has 3 aromatic heterocycles. The maximum Gasteiger partial charge on any atom is 0.229 e. The van der Waals surface area contributed by atoms with Crippen LogP contribution in [0.4, 0.5) is 0 Å². The molecule has 1 fully saturated rings. The second kappa shape index (κ2) is 6.24. The highest BCUT2D eigenvalue weighted by Crippen LogP contribution is 2.31. The summed E-state index contributed by atoms with van der Waals surface area (Å²) in [5.41, 5.74) is 1.80. The van der Waals surface area contributed by atoms with Crippen molar-refractivity contribution in [2.45, 2.75) is 32.2 Å². The molecule has 0 aliphatic carbocycles. The molecule has 1 saturated heterocycles. The number of hydrogen-bond donors (Lipinski definition) is 1. The predicted molar refractivity (Wildman–Crippen MR) is 90.5 cm³/mol. The molecule has 4 rings (SSSR count). The third-order valence-corrected chi connectivity index (χ3v) is 5.20. The Morgan fingerprint density at radius 3 is 3.12 bits per heavy atom. The molecule has 24 heavy (non-hydrogen) atoms. The van der Waals surface area contributed by atoms with E-state index >= 15 is 0 Å². The van der Waals surface area contributed by atoms with Crippen molar-refractivity contribution in [1.29, 1.82) is 0 Å². The van der Waals surface area contributed by atoms with E-state index in [2.05, 4.69) is 15.2 Å². The topological polar surface area (TPSA) is 75.0 Å². The molecule has 1 unspecified atom stereocenters. The molecular weight excluding hydrogens is 324 g/mol.